The second-order valence-electron chi connectivity index (χ2n) is 9.56. The van der Waals surface area contributed by atoms with Crippen molar-refractivity contribution in [2.75, 3.05) is 6.54 Å². The van der Waals surface area contributed by atoms with Crippen molar-refractivity contribution in [2.45, 2.75) is 50.2 Å². The summed E-state index contributed by atoms with van der Waals surface area (Å²) in [6.45, 7) is 2.80. The molecule has 0 aromatic heterocycles. The zero-order valence-corrected chi connectivity index (χ0v) is 24.3. The molecular formula is C29H29Cl2N3O5S. The molecule has 1 N–H and O–H groups in total. The number of benzene rings is 3. The highest BCUT2D eigenvalue weighted by Crippen LogP contribution is 2.31. The molecule has 1 aliphatic rings. The number of nitrogens with one attached hydrogen (secondary N) is 1. The molecule has 0 saturated carbocycles. The molecule has 0 spiro atoms. The van der Waals surface area contributed by atoms with Gasteiger partial charge in [0.25, 0.3) is 15.9 Å². The lowest BCUT2D eigenvalue weighted by molar-refractivity contribution is -0.141. The van der Waals surface area contributed by atoms with Crippen LogP contribution in [0.5, 0.6) is 0 Å². The maximum atomic E-state index is 14.0. The van der Waals surface area contributed by atoms with E-state index in [1.54, 1.807) is 24.3 Å². The molecule has 8 nitrogen and oxygen atoms in total. The highest BCUT2D eigenvalue weighted by molar-refractivity contribution is 7.90. The molecule has 0 radical (unpaired) electrons. The standard InChI is InChI=1S/C29H29Cl2N3O5S/c1-3-19(2)32-28(36)25(16-20-10-5-4-6-11-20)33(17-22-23(30)13-9-14-24(22)31)27(35)18-34-29(37)21-12-7-8-15-26(21)40(34,38)39/h4-15,19,25H,3,16-18H2,1-2H3,(H,32,36)/t19-,25+/m0/s1. The lowest BCUT2D eigenvalue weighted by atomic mass is 10.0. The van der Waals surface area contributed by atoms with E-state index in [0.717, 1.165) is 5.56 Å². The van der Waals surface area contributed by atoms with Crippen molar-refractivity contribution in [1.29, 1.82) is 0 Å². The molecule has 0 unspecified atom stereocenters. The molecule has 0 bridgehead atoms. The highest BCUT2D eigenvalue weighted by Gasteiger charge is 2.43. The Morgan fingerprint density at radius 1 is 0.950 bits per heavy atom. The largest absolute Gasteiger partial charge is 0.352 e. The Labute approximate surface area is 243 Å². The molecule has 2 atom stereocenters. The fraction of sp³-hybridized carbons (Fsp3) is 0.276. The molecule has 11 heteroatoms. The second kappa shape index (κ2) is 12.4. The van der Waals surface area contributed by atoms with Gasteiger partial charge in [0.2, 0.25) is 11.8 Å². The summed E-state index contributed by atoms with van der Waals surface area (Å²) in [5.41, 5.74) is 1.17. The monoisotopic (exact) mass is 601 g/mol. The quantitative estimate of drug-likeness (QED) is 0.363. The van der Waals surface area contributed by atoms with Crippen molar-refractivity contribution in [2.24, 2.45) is 0 Å². The third-order valence-electron chi connectivity index (χ3n) is 6.85. The van der Waals surface area contributed by atoms with Gasteiger partial charge in [-0.25, -0.2) is 12.7 Å². The number of nitrogens with zero attached hydrogens (tertiary/aromatic N) is 2. The van der Waals surface area contributed by atoms with Gasteiger partial charge in [0.15, 0.2) is 0 Å². The fourth-order valence-corrected chi connectivity index (χ4v) is 6.48. The molecule has 1 aliphatic heterocycles. The van der Waals surface area contributed by atoms with Gasteiger partial charge in [0.1, 0.15) is 17.5 Å². The van der Waals surface area contributed by atoms with Crippen LogP contribution in [0.3, 0.4) is 0 Å². The Kier molecular flexibility index (Phi) is 9.18. The minimum atomic E-state index is -4.26. The van der Waals surface area contributed by atoms with E-state index in [-0.39, 0.29) is 39.5 Å². The van der Waals surface area contributed by atoms with E-state index in [0.29, 0.717) is 16.3 Å². The molecule has 0 aliphatic carbocycles. The highest BCUT2D eigenvalue weighted by atomic mass is 35.5. The molecule has 210 valence electrons. The third kappa shape index (κ3) is 6.16. The summed E-state index contributed by atoms with van der Waals surface area (Å²) in [5.74, 6) is -1.97. The number of halogens is 2. The molecule has 0 saturated heterocycles. The Morgan fingerprint density at radius 2 is 1.57 bits per heavy atom. The fourth-order valence-electron chi connectivity index (χ4n) is 4.45. The summed E-state index contributed by atoms with van der Waals surface area (Å²) < 4.78 is 27.0. The molecule has 40 heavy (non-hydrogen) atoms. The summed E-state index contributed by atoms with van der Waals surface area (Å²) >= 11 is 12.9. The van der Waals surface area contributed by atoms with Crippen LogP contribution in [0.25, 0.3) is 0 Å². The van der Waals surface area contributed by atoms with Gasteiger partial charge in [-0.2, -0.15) is 0 Å². The van der Waals surface area contributed by atoms with Gasteiger partial charge in [-0.05, 0) is 43.2 Å². The van der Waals surface area contributed by atoms with Crippen LogP contribution >= 0.6 is 23.2 Å². The predicted octanol–water partition coefficient (Wildman–Crippen LogP) is 4.69. The van der Waals surface area contributed by atoms with Gasteiger partial charge in [-0.3, -0.25) is 14.4 Å². The molecule has 0 fully saturated rings. The third-order valence-corrected chi connectivity index (χ3v) is 9.35. The first-order valence-electron chi connectivity index (χ1n) is 12.8. The Hall–Kier alpha value is -3.40. The van der Waals surface area contributed by atoms with Gasteiger partial charge in [0, 0.05) is 34.6 Å². The minimum absolute atomic E-state index is 0.00801. The van der Waals surface area contributed by atoms with Gasteiger partial charge in [0.05, 0.1) is 5.56 Å². The summed E-state index contributed by atoms with van der Waals surface area (Å²) in [5, 5.41) is 3.50. The van der Waals surface area contributed by atoms with Gasteiger partial charge >= 0.3 is 0 Å². The van der Waals surface area contributed by atoms with E-state index >= 15 is 0 Å². The molecule has 3 amide bonds. The first-order valence-corrected chi connectivity index (χ1v) is 15.0. The van der Waals surface area contributed by atoms with Crippen LogP contribution in [0.2, 0.25) is 10.0 Å². The van der Waals surface area contributed by atoms with Crippen molar-refractivity contribution in [3.8, 4) is 0 Å². The summed E-state index contributed by atoms with van der Waals surface area (Å²) in [4.78, 5) is 41.8. The molecule has 4 rings (SSSR count). The van der Waals surface area contributed by atoms with Crippen LogP contribution < -0.4 is 5.32 Å². The van der Waals surface area contributed by atoms with Crippen molar-refractivity contribution in [3.63, 3.8) is 0 Å². The van der Waals surface area contributed by atoms with Crippen molar-refractivity contribution >= 4 is 50.9 Å². The number of hydrogen-bond donors (Lipinski definition) is 1. The maximum Gasteiger partial charge on any atom is 0.269 e. The lowest BCUT2D eigenvalue weighted by Crippen LogP contribution is -2.54. The maximum absolute atomic E-state index is 14.0. The topological polar surface area (TPSA) is 104 Å². The van der Waals surface area contributed by atoms with Crippen LogP contribution in [0.4, 0.5) is 0 Å². The number of amides is 3. The average Bonchev–Trinajstić information content (AvgIpc) is 3.13. The van der Waals surface area contributed by atoms with E-state index < -0.39 is 40.3 Å². The van der Waals surface area contributed by atoms with Crippen LogP contribution in [0.15, 0.2) is 77.7 Å². The van der Waals surface area contributed by atoms with E-state index in [4.69, 9.17) is 23.2 Å². The SMILES string of the molecule is CC[C@H](C)NC(=O)[C@@H](Cc1ccccc1)N(Cc1c(Cl)cccc1Cl)C(=O)CN1C(=O)c2ccccc2S1(=O)=O. The predicted molar refractivity (Wildman–Crippen MR) is 154 cm³/mol. The van der Waals surface area contributed by atoms with Crippen molar-refractivity contribution in [1.82, 2.24) is 14.5 Å². The number of carbonyl (C=O) groups is 3. The summed E-state index contributed by atoms with van der Waals surface area (Å²) in [6, 6.07) is 18.6. The number of carbonyl (C=O) groups excluding carboxylic acids is 3. The van der Waals surface area contributed by atoms with Crippen LogP contribution in [-0.4, -0.2) is 54.0 Å². The van der Waals surface area contributed by atoms with Crippen LogP contribution in [0, 0.1) is 0 Å². The van der Waals surface area contributed by atoms with Crippen LogP contribution in [0.1, 0.15) is 41.8 Å². The molecule has 1 heterocycles. The molecule has 3 aromatic carbocycles. The average molecular weight is 603 g/mol. The minimum Gasteiger partial charge on any atom is -0.352 e. The Balaban J connectivity index is 1.76. The zero-order chi connectivity index (χ0) is 29.0. The number of rotatable bonds is 10. The second-order valence-corrected chi connectivity index (χ2v) is 12.2. The van der Waals surface area contributed by atoms with E-state index in [1.165, 1.54) is 23.1 Å². The Morgan fingerprint density at radius 3 is 2.20 bits per heavy atom. The summed E-state index contributed by atoms with van der Waals surface area (Å²) in [6.07, 6.45) is 0.796. The Bertz CT molecular complexity index is 1510. The lowest BCUT2D eigenvalue weighted by Gasteiger charge is -2.33. The van der Waals surface area contributed by atoms with Crippen LogP contribution in [-0.2, 0) is 32.6 Å². The van der Waals surface area contributed by atoms with Crippen molar-refractivity contribution in [3.05, 3.63) is 99.5 Å². The van der Waals surface area contributed by atoms with Gasteiger partial charge in [-0.15, -0.1) is 0 Å². The van der Waals surface area contributed by atoms with E-state index in [2.05, 4.69) is 5.32 Å². The first-order chi connectivity index (χ1) is 19.0. The van der Waals surface area contributed by atoms with E-state index in [1.807, 2.05) is 44.2 Å². The van der Waals surface area contributed by atoms with E-state index in [9.17, 15) is 22.8 Å². The number of hydrogen-bond acceptors (Lipinski definition) is 5. The first kappa shape index (κ1) is 29.6. The zero-order valence-electron chi connectivity index (χ0n) is 22.0. The smallest absolute Gasteiger partial charge is 0.269 e. The summed E-state index contributed by atoms with van der Waals surface area (Å²) in [7, 11) is -4.26. The molecular weight excluding hydrogens is 573 g/mol. The number of fused-ring (bicyclic) bond motifs is 1. The van der Waals surface area contributed by atoms with Gasteiger partial charge < -0.3 is 10.2 Å². The molecule has 3 aromatic rings. The van der Waals surface area contributed by atoms with Gasteiger partial charge in [-0.1, -0.05) is 78.7 Å². The normalized spacial score (nSPS) is 15.3. The number of sulfonamides is 1. The van der Waals surface area contributed by atoms with Crippen molar-refractivity contribution < 1.29 is 22.8 Å².